The predicted octanol–water partition coefficient (Wildman–Crippen LogP) is 2.82. The van der Waals surface area contributed by atoms with Gasteiger partial charge in [0.25, 0.3) is 0 Å². The zero-order chi connectivity index (χ0) is 21.0. The van der Waals surface area contributed by atoms with Crippen molar-refractivity contribution in [1.82, 2.24) is 9.80 Å². The molecule has 7 heteroatoms. The second-order valence-electron chi connectivity index (χ2n) is 10.9. The van der Waals surface area contributed by atoms with E-state index in [0.717, 1.165) is 38.5 Å². The Morgan fingerprint density at radius 2 is 1.90 bits per heavy atom. The first kappa shape index (κ1) is 20.5. The lowest BCUT2D eigenvalue weighted by atomic mass is 9.50. The first-order chi connectivity index (χ1) is 13.5. The highest BCUT2D eigenvalue weighted by Gasteiger charge is 2.61. The molecule has 1 aliphatic heterocycles. The first-order valence-corrected chi connectivity index (χ1v) is 10.9. The van der Waals surface area contributed by atoms with Crippen molar-refractivity contribution in [3.05, 3.63) is 0 Å². The van der Waals surface area contributed by atoms with Gasteiger partial charge in [0.05, 0.1) is 17.2 Å². The number of likely N-dealkylation sites (tertiary alicyclic amines) is 1. The average Bonchev–Trinajstić information content (AvgIpc) is 3.04. The van der Waals surface area contributed by atoms with Gasteiger partial charge in [-0.25, -0.2) is 4.79 Å². The smallest absolute Gasteiger partial charge is 0.411 e. The van der Waals surface area contributed by atoms with Crippen LogP contribution in [-0.4, -0.2) is 62.8 Å². The number of hydrogen-bond donors (Lipinski definition) is 1. The van der Waals surface area contributed by atoms with Gasteiger partial charge in [-0.3, -0.25) is 9.69 Å². The van der Waals surface area contributed by atoms with Gasteiger partial charge in [0, 0.05) is 6.54 Å². The van der Waals surface area contributed by atoms with Crippen molar-refractivity contribution in [2.45, 2.75) is 94.9 Å². The van der Waals surface area contributed by atoms with Crippen LogP contribution in [-0.2, 0) is 9.53 Å². The van der Waals surface area contributed by atoms with E-state index in [1.54, 1.807) is 9.80 Å². The third kappa shape index (κ3) is 3.84. The number of ether oxygens (including phenoxy) is 1. The van der Waals surface area contributed by atoms with Gasteiger partial charge in [-0.2, -0.15) is 5.26 Å². The lowest BCUT2D eigenvalue weighted by Crippen LogP contribution is -2.68. The van der Waals surface area contributed by atoms with Crippen LogP contribution in [0.25, 0.3) is 0 Å². The molecule has 0 aromatic heterocycles. The van der Waals surface area contributed by atoms with Gasteiger partial charge in [-0.1, -0.05) is 0 Å². The van der Waals surface area contributed by atoms with Crippen LogP contribution in [0.1, 0.15) is 72.1 Å². The Bertz CT molecular complexity index is 723. The molecule has 160 valence electrons. The minimum atomic E-state index is -0.740. The second kappa shape index (κ2) is 6.87. The summed E-state index contributed by atoms with van der Waals surface area (Å²) in [4.78, 5) is 29.6. The number of rotatable bonds is 3. The minimum absolute atomic E-state index is 0.0807. The Hall–Kier alpha value is -1.81. The molecule has 4 bridgehead atoms. The number of carbonyl (C=O) groups excluding carboxylic acids is 2. The van der Waals surface area contributed by atoms with Crippen molar-refractivity contribution in [2.24, 2.45) is 11.8 Å². The average molecular weight is 404 g/mol. The molecule has 0 radical (unpaired) electrons. The van der Waals surface area contributed by atoms with Crippen molar-refractivity contribution in [1.29, 1.82) is 5.26 Å². The summed E-state index contributed by atoms with van der Waals surface area (Å²) in [6.07, 6.45) is 5.86. The van der Waals surface area contributed by atoms with Crippen molar-refractivity contribution in [3.63, 3.8) is 0 Å². The Labute approximate surface area is 173 Å². The van der Waals surface area contributed by atoms with Crippen LogP contribution in [0.4, 0.5) is 4.79 Å². The van der Waals surface area contributed by atoms with Crippen molar-refractivity contribution in [3.8, 4) is 6.07 Å². The summed E-state index contributed by atoms with van der Waals surface area (Å²) in [5, 5.41) is 20.5. The van der Waals surface area contributed by atoms with E-state index >= 15 is 0 Å². The van der Waals surface area contributed by atoms with Crippen LogP contribution < -0.4 is 0 Å². The molecule has 1 N–H and O–H groups in total. The summed E-state index contributed by atoms with van der Waals surface area (Å²) in [5.74, 6) is 0.586. The number of hydrogen-bond acceptors (Lipinski definition) is 5. The molecule has 5 atom stereocenters. The fourth-order valence-corrected chi connectivity index (χ4v) is 6.65. The molecule has 4 aliphatic carbocycles. The number of nitrogens with zero attached hydrogens (tertiary/aromatic N) is 3. The van der Waals surface area contributed by atoms with E-state index in [9.17, 15) is 20.0 Å². The number of nitriles is 1. The maximum atomic E-state index is 13.3. The Kier molecular flexibility index (Phi) is 4.85. The number of aliphatic hydroxyl groups is 1. The van der Waals surface area contributed by atoms with Crippen LogP contribution in [0, 0.1) is 23.2 Å². The second-order valence-corrected chi connectivity index (χ2v) is 10.9. The van der Waals surface area contributed by atoms with Gasteiger partial charge in [0.1, 0.15) is 18.2 Å². The third-order valence-corrected chi connectivity index (χ3v) is 7.20. The van der Waals surface area contributed by atoms with E-state index in [1.165, 1.54) is 0 Å². The van der Waals surface area contributed by atoms with Gasteiger partial charge < -0.3 is 14.7 Å². The van der Waals surface area contributed by atoms with Crippen LogP contribution >= 0.6 is 0 Å². The van der Waals surface area contributed by atoms with Crippen molar-refractivity contribution in [2.75, 3.05) is 13.1 Å². The maximum absolute atomic E-state index is 13.3. The highest BCUT2D eigenvalue weighted by molar-refractivity contribution is 5.83. The van der Waals surface area contributed by atoms with Crippen LogP contribution in [0.15, 0.2) is 0 Å². The highest BCUT2D eigenvalue weighted by Crippen LogP contribution is 2.59. The number of carbonyl (C=O) groups is 2. The maximum Gasteiger partial charge on any atom is 0.411 e. The van der Waals surface area contributed by atoms with E-state index in [2.05, 4.69) is 6.07 Å². The van der Waals surface area contributed by atoms with E-state index in [0.29, 0.717) is 31.2 Å². The molecule has 5 aliphatic rings. The molecule has 7 nitrogen and oxygen atoms in total. The summed E-state index contributed by atoms with van der Waals surface area (Å²) < 4.78 is 5.71. The van der Waals surface area contributed by atoms with E-state index in [4.69, 9.17) is 4.74 Å². The molecule has 2 amide bonds. The molecule has 4 saturated carbocycles. The van der Waals surface area contributed by atoms with Gasteiger partial charge in [-0.15, -0.1) is 0 Å². The molecule has 1 saturated heterocycles. The summed E-state index contributed by atoms with van der Waals surface area (Å²) in [6.45, 7) is 5.95. The van der Waals surface area contributed by atoms with Gasteiger partial charge in [0.15, 0.2) is 0 Å². The fraction of sp³-hybridized carbons (Fsp3) is 0.864. The van der Waals surface area contributed by atoms with E-state index in [1.807, 2.05) is 20.8 Å². The molecule has 0 spiro atoms. The fourth-order valence-electron chi connectivity index (χ4n) is 6.65. The molecule has 3 unspecified atom stereocenters. The van der Waals surface area contributed by atoms with Gasteiger partial charge in [0.2, 0.25) is 5.91 Å². The molecule has 5 rings (SSSR count). The van der Waals surface area contributed by atoms with Crippen molar-refractivity contribution >= 4 is 12.0 Å². The lowest BCUT2D eigenvalue weighted by molar-refractivity contribution is -0.175. The molecular formula is C22H33N3O4. The summed E-state index contributed by atoms with van der Waals surface area (Å²) in [5.41, 5.74) is -1.94. The predicted molar refractivity (Wildman–Crippen MR) is 106 cm³/mol. The summed E-state index contributed by atoms with van der Waals surface area (Å²) in [6, 6.07) is 1.79. The largest absolute Gasteiger partial charge is 0.444 e. The van der Waals surface area contributed by atoms with Crippen LogP contribution in [0.3, 0.4) is 0 Å². The number of amides is 2. The van der Waals surface area contributed by atoms with Crippen LogP contribution in [0.5, 0.6) is 0 Å². The first-order valence-electron chi connectivity index (χ1n) is 10.9. The summed E-state index contributed by atoms with van der Waals surface area (Å²) >= 11 is 0. The molecule has 1 heterocycles. The monoisotopic (exact) mass is 403 g/mol. The zero-order valence-electron chi connectivity index (χ0n) is 17.8. The van der Waals surface area contributed by atoms with Gasteiger partial charge >= 0.3 is 6.09 Å². The molecule has 5 fully saturated rings. The topological polar surface area (TPSA) is 93.9 Å². The Morgan fingerprint density at radius 3 is 2.45 bits per heavy atom. The van der Waals surface area contributed by atoms with E-state index < -0.39 is 28.9 Å². The molecule has 29 heavy (non-hydrogen) atoms. The minimum Gasteiger partial charge on any atom is -0.444 e. The Balaban J connectivity index is 1.62. The van der Waals surface area contributed by atoms with Crippen molar-refractivity contribution < 1.29 is 19.4 Å². The SMILES string of the molecule is CC(C)(C)OC(=O)N(CC(=O)N1CCC[C@H]1C#N)C12CC3C[C@H](CC(O)(C3)C1)C2. The molecule has 0 aromatic carbocycles. The molecular weight excluding hydrogens is 370 g/mol. The third-order valence-electron chi connectivity index (χ3n) is 7.20. The standard InChI is InChI=1S/C22H33N3O4/c1-20(2,3)29-19(27)25(13-18(26)24-6-4-5-17(24)12-23)21-8-15-7-16(9-21)11-22(28,10-15)14-21/h15-17,28H,4-11,13-14H2,1-3H3/t15-,16?,17-,21?,22?/m0/s1. The lowest BCUT2D eigenvalue weighted by Gasteiger charge is -2.62. The highest BCUT2D eigenvalue weighted by atomic mass is 16.6. The zero-order valence-corrected chi connectivity index (χ0v) is 17.8. The normalized spacial score (nSPS) is 38.0. The quantitative estimate of drug-likeness (QED) is 0.782. The molecule has 0 aromatic rings. The summed E-state index contributed by atoms with van der Waals surface area (Å²) in [7, 11) is 0. The van der Waals surface area contributed by atoms with Crippen LogP contribution in [0.2, 0.25) is 0 Å². The van der Waals surface area contributed by atoms with Gasteiger partial charge in [-0.05, 0) is 84.0 Å². The Morgan fingerprint density at radius 1 is 1.24 bits per heavy atom. The van der Waals surface area contributed by atoms with E-state index in [-0.39, 0.29) is 12.5 Å².